The maximum absolute atomic E-state index is 13.8. The normalized spacial score (nSPS) is 32.2. The average molecular weight is 671 g/mol. The number of rotatable bonds is 4. The van der Waals surface area contributed by atoms with Crippen LogP contribution in [0.3, 0.4) is 0 Å². The first-order valence-corrected chi connectivity index (χ1v) is 18.5. The molecular formula is C36H47ClN2O6S. The maximum atomic E-state index is 13.8. The first kappa shape index (κ1) is 33.3. The lowest BCUT2D eigenvalue weighted by atomic mass is 9.68. The van der Waals surface area contributed by atoms with Crippen molar-refractivity contribution in [2.75, 3.05) is 38.8 Å². The van der Waals surface area contributed by atoms with E-state index in [0.717, 1.165) is 55.9 Å². The zero-order chi connectivity index (χ0) is 32.6. The molecule has 0 radical (unpaired) electrons. The van der Waals surface area contributed by atoms with Crippen molar-refractivity contribution >= 4 is 33.2 Å². The molecule has 1 spiro atoms. The molecule has 250 valence electrons. The SMILES string of the molecule is CO[C@H](C)C[C@@H]1[C@@H](C)C/C=C/[C@H](OC)[C@@H]2CC[C@H]2CN2C[C@@]3(CCCc4cc(Cl)ccc43)COc3ccc(cc32)C(=O)NS1(=O)=O. The molecule has 0 unspecified atom stereocenters. The molecule has 2 aromatic carbocycles. The molecule has 1 N–H and O–H groups in total. The number of hydrogen-bond acceptors (Lipinski definition) is 7. The molecule has 6 rings (SSSR count). The molecule has 8 nitrogen and oxygen atoms in total. The van der Waals surface area contributed by atoms with Gasteiger partial charge in [-0.2, -0.15) is 0 Å². The Kier molecular flexibility index (Phi) is 9.77. The molecule has 1 amide bonds. The number of nitrogens with one attached hydrogen (secondary N) is 1. The monoisotopic (exact) mass is 670 g/mol. The van der Waals surface area contributed by atoms with E-state index < -0.39 is 21.2 Å². The summed E-state index contributed by atoms with van der Waals surface area (Å²) in [5, 5.41) is -0.0738. The van der Waals surface area contributed by atoms with Gasteiger partial charge in [-0.25, -0.2) is 13.1 Å². The first-order chi connectivity index (χ1) is 22.0. The van der Waals surface area contributed by atoms with E-state index in [2.05, 4.69) is 33.9 Å². The highest BCUT2D eigenvalue weighted by Crippen LogP contribution is 2.47. The Hall–Kier alpha value is -2.59. The third kappa shape index (κ3) is 6.58. The Balaban J connectivity index is 1.42. The van der Waals surface area contributed by atoms with Gasteiger partial charge in [-0.3, -0.25) is 4.79 Å². The quantitative estimate of drug-likeness (QED) is 0.382. The summed E-state index contributed by atoms with van der Waals surface area (Å²) in [5.74, 6) is 0.555. The van der Waals surface area contributed by atoms with Crippen LogP contribution in [0.15, 0.2) is 48.6 Å². The van der Waals surface area contributed by atoms with Crippen molar-refractivity contribution in [1.29, 1.82) is 0 Å². The van der Waals surface area contributed by atoms with Gasteiger partial charge in [-0.15, -0.1) is 0 Å². The van der Waals surface area contributed by atoms with Gasteiger partial charge in [0.15, 0.2) is 0 Å². The summed E-state index contributed by atoms with van der Waals surface area (Å²) in [5.41, 5.74) is 3.42. The molecule has 2 bridgehead atoms. The van der Waals surface area contributed by atoms with Crippen LogP contribution in [-0.2, 0) is 31.3 Å². The lowest BCUT2D eigenvalue weighted by Crippen LogP contribution is -2.49. The van der Waals surface area contributed by atoms with Crippen LogP contribution in [0.5, 0.6) is 5.75 Å². The molecule has 46 heavy (non-hydrogen) atoms. The largest absolute Gasteiger partial charge is 0.490 e. The number of halogens is 1. The van der Waals surface area contributed by atoms with Crippen molar-refractivity contribution < 1.29 is 27.4 Å². The number of methoxy groups -OCH3 is 2. The number of aryl methyl sites for hydroxylation is 1. The maximum Gasteiger partial charge on any atom is 0.264 e. The Morgan fingerprint density at radius 1 is 1.17 bits per heavy atom. The van der Waals surface area contributed by atoms with Crippen LogP contribution in [-0.4, -0.2) is 65.7 Å². The second-order valence-electron chi connectivity index (χ2n) is 13.9. The van der Waals surface area contributed by atoms with Crippen molar-refractivity contribution in [2.24, 2.45) is 17.8 Å². The number of carbonyl (C=O) groups excluding carboxylic acids is 1. The highest BCUT2D eigenvalue weighted by molar-refractivity contribution is 7.90. The smallest absolute Gasteiger partial charge is 0.264 e. The highest BCUT2D eigenvalue weighted by atomic mass is 35.5. The zero-order valence-electron chi connectivity index (χ0n) is 27.3. The van der Waals surface area contributed by atoms with Gasteiger partial charge < -0.3 is 19.1 Å². The minimum absolute atomic E-state index is 0.0629. The molecule has 0 saturated heterocycles. The zero-order valence-corrected chi connectivity index (χ0v) is 28.9. The Morgan fingerprint density at radius 2 is 2.00 bits per heavy atom. The number of amides is 1. The van der Waals surface area contributed by atoms with Crippen molar-refractivity contribution in [2.45, 2.75) is 81.7 Å². The molecule has 2 aromatic rings. The number of anilines is 1. The average Bonchev–Trinajstić information content (AvgIpc) is 3.17. The summed E-state index contributed by atoms with van der Waals surface area (Å²) in [4.78, 5) is 16.1. The lowest BCUT2D eigenvalue weighted by Gasteiger charge is -2.46. The topological polar surface area (TPSA) is 94.2 Å². The van der Waals surface area contributed by atoms with Crippen LogP contribution in [0.1, 0.15) is 73.9 Å². The standard InChI is InChI=1S/C36H47ClN2O6S/c1-23-7-5-9-32(44-4)29-13-10-27(29)20-39-21-36(16-6-8-25-18-28(37)12-14-30(25)36)22-45-33-15-11-26(19-31(33)39)35(40)38-46(41,42)34(23)17-24(2)43-3/h5,9,11-12,14-15,18-19,23-24,27,29,32,34H,6-8,10,13,16-17,20-22H2,1-4H3,(H,38,40)/b9-5+/t23-,24+,27-,29+,32-,34+,36-/m0/s1. The summed E-state index contributed by atoms with van der Waals surface area (Å²) in [6.07, 6.45) is 9.80. The van der Waals surface area contributed by atoms with E-state index in [4.69, 9.17) is 25.8 Å². The molecule has 2 aliphatic carbocycles. The number of nitrogens with zero attached hydrogens (tertiary/aromatic N) is 1. The molecule has 4 aliphatic rings. The van der Waals surface area contributed by atoms with Gasteiger partial charge in [0.05, 0.1) is 29.8 Å². The van der Waals surface area contributed by atoms with Gasteiger partial charge in [0.25, 0.3) is 5.91 Å². The van der Waals surface area contributed by atoms with Gasteiger partial charge in [0, 0.05) is 43.3 Å². The number of sulfonamides is 1. The van der Waals surface area contributed by atoms with E-state index in [1.54, 1.807) is 20.3 Å². The number of fused-ring (bicyclic) bond motifs is 4. The minimum Gasteiger partial charge on any atom is -0.490 e. The van der Waals surface area contributed by atoms with Crippen molar-refractivity contribution in [3.05, 3.63) is 70.3 Å². The molecule has 2 aliphatic heterocycles. The van der Waals surface area contributed by atoms with Crippen LogP contribution in [0.25, 0.3) is 0 Å². The fourth-order valence-electron chi connectivity index (χ4n) is 8.12. The van der Waals surface area contributed by atoms with Gasteiger partial charge in [0.1, 0.15) is 5.75 Å². The molecule has 10 heteroatoms. The van der Waals surface area contributed by atoms with E-state index >= 15 is 0 Å². The Morgan fingerprint density at radius 3 is 2.74 bits per heavy atom. The van der Waals surface area contributed by atoms with Crippen molar-refractivity contribution in [3.8, 4) is 5.75 Å². The van der Waals surface area contributed by atoms with Crippen LogP contribution in [0.2, 0.25) is 5.02 Å². The van der Waals surface area contributed by atoms with Gasteiger partial charge in [-0.1, -0.05) is 36.7 Å². The molecule has 1 fully saturated rings. The van der Waals surface area contributed by atoms with Crippen molar-refractivity contribution in [3.63, 3.8) is 0 Å². The third-order valence-corrected chi connectivity index (χ3v) is 13.2. The minimum atomic E-state index is -4.03. The van der Waals surface area contributed by atoms with Crippen molar-refractivity contribution in [1.82, 2.24) is 4.72 Å². The fraction of sp³-hybridized carbons (Fsp3) is 0.583. The molecule has 2 heterocycles. The van der Waals surface area contributed by atoms with Crippen LogP contribution < -0.4 is 14.4 Å². The van der Waals surface area contributed by atoms with E-state index in [1.807, 2.05) is 32.0 Å². The fourth-order valence-corrected chi connectivity index (χ4v) is 10.1. The molecular weight excluding hydrogens is 624 g/mol. The number of carbonyl (C=O) groups is 1. The predicted octanol–water partition coefficient (Wildman–Crippen LogP) is 6.30. The Labute approximate surface area is 278 Å². The van der Waals surface area contributed by atoms with E-state index in [0.29, 0.717) is 36.2 Å². The van der Waals surface area contributed by atoms with E-state index in [1.165, 1.54) is 11.1 Å². The summed E-state index contributed by atoms with van der Waals surface area (Å²) in [6.45, 7) is 5.80. The van der Waals surface area contributed by atoms with Crippen LogP contribution in [0.4, 0.5) is 5.69 Å². The summed E-state index contributed by atoms with van der Waals surface area (Å²) >= 11 is 6.43. The lowest BCUT2D eigenvalue weighted by molar-refractivity contribution is 0.0131. The summed E-state index contributed by atoms with van der Waals surface area (Å²) in [6, 6.07) is 11.5. The molecule has 7 atom stereocenters. The highest BCUT2D eigenvalue weighted by Gasteiger charge is 2.44. The first-order valence-electron chi connectivity index (χ1n) is 16.6. The number of allylic oxidation sites excluding steroid dienone is 1. The molecule has 0 aromatic heterocycles. The molecule has 1 saturated carbocycles. The van der Waals surface area contributed by atoms with Gasteiger partial charge >= 0.3 is 0 Å². The van der Waals surface area contributed by atoms with Gasteiger partial charge in [-0.05, 0) is 111 Å². The summed E-state index contributed by atoms with van der Waals surface area (Å²) < 4.78 is 48.1. The number of benzene rings is 2. The van der Waals surface area contributed by atoms with Crippen LogP contribution in [0, 0.1) is 17.8 Å². The second-order valence-corrected chi connectivity index (χ2v) is 16.3. The predicted molar refractivity (Wildman–Crippen MR) is 181 cm³/mol. The van der Waals surface area contributed by atoms with E-state index in [9.17, 15) is 13.2 Å². The Bertz CT molecular complexity index is 1580. The van der Waals surface area contributed by atoms with Crippen LogP contribution >= 0.6 is 11.6 Å². The third-order valence-electron chi connectivity index (χ3n) is 11.0. The summed E-state index contributed by atoms with van der Waals surface area (Å²) in [7, 11) is -0.700. The van der Waals surface area contributed by atoms with E-state index in [-0.39, 0.29) is 30.0 Å². The van der Waals surface area contributed by atoms with Gasteiger partial charge in [0.2, 0.25) is 10.0 Å². The second kappa shape index (κ2) is 13.5. The number of hydrogen-bond donors (Lipinski definition) is 1. The number of ether oxygens (including phenoxy) is 3.